The van der Waals surface area contributed by atoms with Gasteiger partial charge in [0.25, 0.3) is 0 Å². The van der Waals surface area contributed by atoms with Crippen LogP contribution in [0, 0.1) is 0 Å². The predicted octanol–water partition coefficient (Wildman–Crippen LogP) is 3.56. The summed E-state index contributed by atoms with van der Waals surface area (Å²) in [6.07, 6.45) is 1.91. The Bertz CT molecular complexity index is 931. The SMILES string of the molecule is CCN(CC)c1ccc2nc(SC)c3c(N)c(C(=O)O)[nH]c3c2c1. The molecule has 0 fully saturated rings. The summed E-state index contributed by atoms with van der Waals surface area (Å²) in [5.41, 5.74) is 8.97. The molecular weight excluding hydrogens is 324 g/mol. The molecule has 2 heterocycles. The lowest BCUT2D eigenvalue weighted by molar-refractivity contribution is 0.0692. The van der Waals surface area contributed by atoms with Crippen molar-refractivity contribution < 1.29 is 9.90 Å². The molecule has 0 aliphatic heterocycles. The van der Waals surface area contributed by atoms with Crippen LogP contribution in [-0.2, 0) is 0 Å². The van der Waals surface area contributed by atoms with Gasteiger partial charge < -0.3 is 20.7 Å². The van der Waals surface area contributed by atoms with Crippen LogP contribution in [-0.4, -0.2) is 40.4 Å². The highest BCUT2D eigenvalue weighted by Crippen LogP contribution is 2.37. The molecule has 4 N–H and O–H groups in total. The Morgan fingerprint density at radius 3 is 2.67 bits per heavy atom. The predicted molar refractivity (Wildman–Crippen MR) is 100 cm³/mol. The first-order valence-electron chi connectivity index (χ1n) is 7.78. The Morgan fingerprint density at radius 2 is 2.08 bits per heavy atom. The number of nitrogens with one attached hydrogen (secondary N) is 1. The van der Waals surface area contributed by atoms with Gasteiger partial charge in [0.2, 0.25) is 0 Å². The first-order valence-corrected chi connectivity index (χ1v) is 9.01. The van der Waals surface area contributed by atoms with Gasteiger partial charge >= 0.3 is 5.97 Å². The number of nitrogens with two attached hydrogens (primary N) is 1. The van der Waals surface area contributed by atoms with Gasteiger partial charge in [-0.1, -0.05) is 0 Å². The Labute approximate surface area is 144 Å². The van der Waals surface area contributed by atoms with E-state index in [1.807, 2.05) is 24.5 Å². The molecule has 1 aromatic carbocycles. The Kier molecular flexibility index (Phi) is 4.28. The average molecular weight is 344 g/mol. The molecule has 6 nitrogen and oxygen atoms in total. The number of anilines is 2. The molecule has 2 aromatic heterocycles. The van der Waals surface area contributed by atoms with Crippen molar-refractivity contribution >= 4 is 50.9 Å². The Hall–Kier alpha value is -2.41. The van der Waals surface area contributed by atoms with Crippen LogP contribution in [0.5, 0.6) is 0 Å². The second-order valence-corrected chi connectivity index (χ2v) is 6.26. The van der Waals surface area contributed by atoms with E-state index in [-0.39, 0.29) is 11.4 Å². The summed E-state index contributed by atoms with van der Waals surface area (Å²) in [5, 5.41) is 11.7. The standard InChI is InChI=1S/C17H20N4O2S/c1-4-21(5-2)9-6-7-11-10(8-9)14-12(16(19-11)24-3)13(18)15(20-14)17(22)23/h6-8,20H,4-5,18H2,1-3H3,(H,22,23). The van der Waals surface area contributed by atoms with E-state index in [4.69, 9.17) is 5.73 Å². The number of aromatic carboxylic acids is 1. The van der Waals surface area contributed by atoms with Gasteiger partial charge in [0.1, 0.15) is 10.7 Å². The zero-order chi connectivity index (χ0) is 17.4. The molecule has 0 saturated heterocycles. The van der Waals surface area contributed by atoms with Crippen LogP contribution in [0.15, 0.2) is 23.2 Å². The zero-order valence-corrected chi connectivity index (χ0v) is 14.7. The molecule has 3 rings (SSSR count). The summed E-state index contributed by atoms with van der Waals surface area (Å²) in [6, 6.07) is 6.06. The fourth-order valence-electron chi connectivity index (χ4n) is 3.03. The molecule has 0 saturated carbocycles. The molecule has 0 aliphatic rings. The second-order valence-electron chi connectivity index (χ2n) is 5.46. The third-order valence-corrected chi connectivity index (χ3v) is 4.94. The van der Waals surface area contributed by atoms with E-state index < -0.39 is 5.97 Å². The highest BCUT2D eigenvalue weighted by atomic mass is 32.2. The van der Waals surface area contributed by atoms with E-state index >= 15 is 0 Å². The number of nitrogens with zero attached hydrogens (tertiary/aromatic N) is 2. The summed E-state index contributed by atoms with van der Waals surface area (Å²) in [5.74, 6) is -1.07. The normalized spacial score (nSPS) is 11.3. The van der Waals surface area contributed by atoms with Crippen molar-refractivity contribution in [3.05, 3.63) is 23.9 Å². The number of nitrogen functional groups attached to an aromatic ring is 1. The van der Waals surface area contributed by atoms with E-state index in [9.17, 15) is 9.90 Å². The number of rotatable bonds is 5. The lowest BCUT2D eigenvalue weighted by Gasteiger charge is -2.21. The summed E-state index contributed by atoms with van der Waals surface area (Å²) in [6.45, 7) is 6.00. The fourth-order valence-corrected chi connectivity index (χ4v) is 3.63. The molecule has 0 aliphatic carbocycles. The van der Waals surface area contributed by atoms with E-state index in [2.05, 4.69) is 28.7 Å². The number of aromatic nitrogens is 2. The molecular formula is C17H20N4O2S. The van der Waals surface area contributed by atoms with Crippen LogP contribution >= 0.6 is 11.8 Å². The van der Waals surface area contributed by atoms with E-state index in [1.54, 1.807) is 0 Å². The molecule has 126 valence electrons. The minimum atomic E-state index is -1.07. The van der Waals surface area contributed by atoms with Gasteiger partial charge in [-0.05, 0) is 38.3 Å². The van der Waals surface area contributed by atoms with Crippen molar-refractivity contribution in [3.8, 4) is 0 Å². The van der Waals surface area contributed by atoms with Crippen molar-refractivity contribution in [2.75, 3.05) is 30.0 Å². The first kappa shape index (κ1) is 16.4. The van der Waals surface area contributed by atoms with Gasteiger partial charge in [0.05, 0.1) is 22.1 Å². The molecule has 3 aromatic rings. The first-order chi connectivity index (χ1) is 11.5. The zero-order valence-electron chi connectivity index (χ0n) is 13.9. The van der Waals surface area contributed by atoms with Crippen molar-refractivity contribution in [3.63, 3.8) is 0 Å². The van der Waals surface area contributed by atoms with Crippen molar-refractivity contribution in [1.82, 2.24) is 9.97 Å². The van der Waals surface area contributed by atoms with Gasteiger partial charge in [0.15, 0.2) is 0 Å². The molecule has 0 spiro atoms. The van der Waals surface area contributed by atoms with Crippen LogP contribution in [0.25, 0.3) is 21.8 Å². The van der Waals surface area contributed by atoms with E-state index in [0.29, 0.717) is 5.39 Å². The number of thioether (sulfide) groups is 1. The lowest BCUT2D eigenvalue weighted by Crippen LogP contribution is -2.21. The average Bonchev–Trinajstić information content (AvgIpc) is 2.93. The van der Waals surface area contributed by atoms with Crippen LogP contribution in [0.2, 0.25) is 0 Å². The maximum atomic E-state index is 11.4. The molecule has 0 radical (unpaired) electrons. The van der Waals surface area contributed by atoms with Gasteiger partial charge in [-0.2, -0.15) is 0 Å². The van der Waals surface area contributed by atoms with Crippen LogP contribution in [0.4, 0.5) is 11.4 Å². The maximum absolute atomic E-state index is 11.4. The van der Waals surface area contributed by atoms with Crippen LogP contribution in [0.1, 0.15) is 24.3 Å². The largest absolute Gasteiger partial charge is 0.477 e. The van der Waals surface area contributed by atoms with Crippen molar-refractivity contribution in [1.29, 1.82) is 0 Å². The van der Waals surface area contributed by atoms with Gasteiger partial charge in [-0.15, -0.1) is 11.8 Å². The quantitative estimate of drug-likeness (QED) is 0.613. The smallest absolute Gasteiger partial charge is 0.354 e. The number of carbonyl (C=O) groups is 1. The van der Waals surface area contributed by atoms with E-state index in [1.165, 1.54) is 11.8 Å². The summed E-state index contributed by atoms with van der Waals surface area (Å²) in [4.78, 5) is 21.3. The number of hydrogen-bond donors (Lipinski definition) is 3. The number of aromatic amines is 1. The van der Waals surface area contributed by atoms with Crippen molar-refractivity contribution in [2.45, 2.75) is 18.9 Å². The lowest BCUT2D eigenvalue weighted by atomic mass is 10.1. The van der Waals surface area contributed by atoms with Gasteiger partial charge in [-0.3, -0.25) is 0 Å². The maximum Gasteiger partial charge on any atom is 0.354 e. The number of benzene rings is 1. The second kappa shape index (κ2) is 6.24. The number of carboxylic acids is 1. The number of pyridine rings is 1. The molecule has 0 unspecified atom stereocenters. The highest BCUT2D eigenvalue weighted by molar-refractivity contribution is 7.98. The topological polar surface area (TPSA) is 95.2 Å². The van der Waals surface area contributed by atoms with Crippen molar-refractivity contribution in [2.24, 2.45) is 0 Å². The Balaban J connectivity index is 2.39. The highest BCUT2D eigenvalue weighted by Gasteiger charge is 2.20. The van der Waals surface area contributed by atoms with Crippen LogP contribution in [0.3, 0.4) is 0 Å². The molecule has 7 heteroatoms. The monoisotopic (exact) mass is 344 g/mol. The summed E-state index contributed by atoms with van der Waals surface area (Å²) in [7, 11) is 0. The number of hydrogen-bond acceptors (Lipinski definition) is 5. The number of H-pyrrole nitrogens is 1. The molecule has 0 bridgehead atoms. The fraction of sp³-hybridized carbons (Fsp3) is 0.294. The summed E-state index contributed by atoms with van der Waals surface area (Å²) >= 11 is 1.46. The van der Waals surface area contributed by atoms with Gasteiger partial charge in [-0.25, -0.2) is 9.78 Å². The molecule has 0 atom stereocenters. The minimum absolute atomic E-state index is 0.0165. The van der Waals surface area contributed by atoms with Crippen LogP contribution < -0.4 is 10.6 Å². The third kappa shape index (κ3) is 2.45. The Morgan fingerprint density at radius 1 is 1.38 bits per heavy atom. The third-order valence-electron chi connectivity index (χ3n) is 4.26. The number of fused-ring (bicyclic) bond motifs is 3. The molecule has 24 heavy (non-hydrogen) atoms. The minimum Gasteiger partial charge on any atom is -0.477 e. The molecule has 0 amide bonds. The van der Waals surface area contributed by atoms with E-state index in [0.717, 1.165) is 40.2 Å². The summed E-state index contributed by atoms with van der Waals surface area (Å²) < 4.78 is 0. The number of carboxylic acid groups (broad SMARTS) is 1. The van der Waals surface area contributed by atoms with Gasteiger partial charge in [0, 0.05) is 24.2 Å².